The van der Waals surface area contributed by atoms with Crippen LogP contribution in [0, 0.1) is 11.3 Å². The highest BCUT2D eigenvalue weighted by Crippen LogP contribution is 2.36. The molecule has 174 valence electrons. The summed E-state index contributed by atoms with van der Waals surface area (Å²) in [6, 6.07) is 16.0. The number of amides is 1. The first-order valence-electron chi connectivity index (χ1n) is 11.5. The van der Waals surface area contributed by atoms with Gasteiger partial charge in [-0.25, -0.2) is 4.79 Å². The lowest BCUT2D eigenvalue weighted by atomic mass is 9.91. The molecule has 1 N–H and O–H groups in total. The molecule has 1 aliphatic carbocycles. The highest BCUT2D eigenvalue weighted by atomic mass is 32.1. The zero-order valence-electron chi connectivity index (χ0n) is 19.1. The molecule has 0 aliphatic heterocycles. The normalized spacial score (nSPS) is 15.6. The maximum atomic E-state index is 12.8. The molecule has 1 aromatic carbocycles. The van der Waals surface area contributed by atoms with Crippen molar-refractivity contribution in [3.05, 3.63) is 86.9 Å². The molecule has 3 aromatic rings. The summed E-state index contributed by atoms with van der Waals surface area (Å²) in [4.78, 5) is 30.9. The lowest BCUT2D eigenvalue weighted by Gasteiger charge is -2.22. The number of carbonyl (C=O) groups is 2. The Morgan fingerprint density at radius 1 is 1.24 bits per heavy atom. The second-order valence-corrected chi connectivity index (χ2v) is 9.81. The molecule has 0 bridgehead atoms. The molecule has 2 aromatic heterocycles. The molecule has 0 spiro atoms. The van der Waals surface area contributed by atoms with Crippen molar-refractivity contribution in [2.24, 2.45) is 0 Å². The van der Waals surface area contributed by atoms with Gasteiger partial charge in [-0.15, -0.1) is 11.3 Å². The average molecular weight is 474 g/mol. The van der Waals surface area contributed by atoms with E-state index in [0.717, 1.165) is 26.4 Å². The summed E-state index contributed by atoms with van der Waals surface area (Å²) in [5, 5.41) is 12.5. The molecule has 0 saturated carbocycles. The molecule has 6 nitrogen and oxygen atoms in total. The fourth-order valence-electron chi connectivity index (χ4n) is 4.33. The Kier molecular flexibility index (Phi) is 7.71. The molecule has 0 fully saturated rings. The Morgan fingerprint density at radius 2 is 2.00 bits per heavy atom. The summed E-state index contributed by atoms with van der Waals surface area (Å²) in [6.45, 7) is 2.43. The van der Waals surface area contributed by atoms with E-state index in [4.69, 9.17) is 4.74 Å². The van der Waals surface area contributed by atoms with Crippen molar-refractivity contribution in [1.29, 1.82) is 5.26 Å². The minimum atomic E-state index is -0.451. The van der Waals surface area contributed by atoms with Crippen LogP contribution in [-0.4, -0.2) is 23.0 Å². The van der Waals surface area contributed by atoms with Gasteiger partial charge >= 0.3 is 6.09 Å². The molecule has 1 amide bonds. The Balaban J connectivity index is 1.34. The number of rotatable bonds is 8. The lowest BCUT2D eigenvalue weighted by molar-refractivity contribution is -0.118. The summed E-state index contributed by atoms with van der Waals surface area (Å²) in [6.07, 6.45) is 5.30. The van der Waals surface area contributed by atoms with Crippen LogP contribution >= 0.6 is 11.3 Å². The van der Waals surface area contributed by atoms with E-state index in [1.54, 1.807) is 12.4 Å². The number of pyridine rings is 1. The highest BCUT2D eigenvalue weighted by Gasteiger charge is 2.28. The highest BCUT2D eigenvalue weighted by molar-refractivity contribution is 7.12. The number of Topliss-reactive ketones (excluding diaryl/α,β-unsaturated/α-hetero) is 1. The second-order valence-electron chi connectivity index (χ2n) is 8.62. The van der Waals surface area contributed by atoms with E-state index in [9.17, 15) is 14.9 Å². The standard InChI is InChI=1S/C27H27N3O3S/c1-18(20-5-3-2-4-6-20)13-21(31)14-25-24(16-28)23-8-7-22(15-26(23)34-25)33-27(32)30-17-19-9-11-29-12-10-19/h2-6,9-12,18,22H,7-8,13-15,17H2,1H3,(H,30,32). The number of hydrogen-bond acceptors (Lipinski definition) is 6. The van der Waals surface area contributed by atoms with Crippen LogP contribution in [0.2, 0.25) is 0 Å². The van der Waals surface area contributed by atoms with Crippen LogP contribution in [0.3, 0.4) is 0 Å². The van der Waals surface area contributed by atoms with E-state index >= 15 is 0 Å². The van der Waals surface area contributed by atoms with Gasteiger partial charge in [-0.2, -0.15) is 5.26 Å². The fraction of sp³-hybridized carbons (Fsp3) is 0.333. The molecule has 2 heterocycles. The van der Waals surface area contributed by atoms with Crippen molar-refractivity contribution in [3.8, 4) is 6.07 Å². The third-order valence-corrected chi connectivity index (χ3v) is 7.38. The van der Waals surface area contributed by atoms with Gasteiger partial charge in [0, 0.05) is 48.0 Å². The molecule has 4 rings (SSSR count). The van der Waals surface area contributed by atoms with E-state index in [1.807, 2.05) is 42.5 Å². The maximum absolute atomic E-state index is 12.8. The van der Waals surface area contributed by atoms with Crippen molar-refractivity contribution >= 4 is 23.2 Å². The molecular weight excluding hydrogens is 446 g/mol. The molecule has 0 radical (unpaired) electrons. The number of aromatic nitrogens is 1. The summed E-state index contributed by atoms with van der Waals surface area (Å²) >= 11 is 1.52. The van der Waals surface area contributed by atoms with E-state index in [2.05, 4.69) is 23.3 Å². The van der Waals surface area contributed by atoms with Crippen molar-refractivity contribution in [3.63, 3.8) is 0 Å². The van der Waals surface area contributed by atoms with Crippen LogP contribution in [0.1, 0.15) is 57.7 Å². The number of nitriles is 1. The van der Waals surface area contributed by atoms with E-state index in [-0.39, 0.29) is 24.2 Å². The Labute approximate surface area is 203 Å². The molecule has 1 aliphatic rings. The largest absolute Gasteiger partial charge is 0.446 e. The van der Waals surface area contributed by atoms with Crippen molar-refractivity contribution in [2.75, 3.05) is 0 Å². The summed E-state index contributed by atoms with van der Waals surface area (Å²) < 4.78 is 5.63. The minimum absolute atomic E-state index is 0.134. The number of benzene rings is 1. The average Bonchev–Trinajstić information content (AvgIpc) is 3.19. The number of nitrogens with one attached hydrogen (secondary N) is 1. The molecule has 2 atom stereocenters. The number of ketones is 1. The van der Waals surface area contributed by atoms with Crippen molar-refractivity contribution in [2.45, 2.75) is 57.6 Å². The third kappa shape index (κ3) is 5.89. The van der Waals surface area contributed by atoms with Gasteiger partial charge in [0.25, 0.3) is 0 Å². The Hall–Kier alpha value is -3.50. The minimum Gasteiger partial charge on any atom is -0.446 e. The predicted octanol–water partition coefficient (Wildman–Crippen LogP) is 5.10. The number of fused-ring (bicyclic) bond motifs is 1. The molecular formula is C27H27N3O3S. The van der Waals surface area contributed by atoms with Crippen LogP contribution in [0.5, 0.6) is 0 Å². The number of nitrogens with zero attached hydrogens (tertiary/aromatic N) is 2. The van der Waals surface area contributed by atoms with Crippen LogP contribution in [0.4, 0.5) is 4.79 Å². The van der Waals surface area contributed by atoms with Crippen molar-refractivity contribution in [1.82, 2.24) is 10.3 Å². The SMILES string of the molecule is CC(CC(=O)Cc1sc2c(c1C#N)CCC(OC(=O)NCc1ccncc1)C2)c1ccccc1. The fourth-order valence-corrected chi connectivity index (χ4v) is 5.73. The van der Waals surface area contributed by atoms with Crippen LogP contribution < -0.4 is 5.32 Å². The summed E-state index contributed by atoms with van der Waals surface area (Å²) in [7, 11) is 0. The molecule has 34 heavy (non-hydrogen) atoms. The second kappa shape index (κ2) is 11.1. The number of hydrogen-bond donors (Lipinski definition) is 1. The van der Waals surface area contributed by atoms with Crippen LogP contribution in [0.15, 0.2) is 54.9 Å². The third-order valence-electron chi connectivity index (χ3n) is 6.12. The van der Waals surface area contributed by atoms with Gasteiger partial charge in [0.2, 0.25) is 0 Å². The van der Waals surface area contributed by atoms with E-state index in [1.165, 1.54) is 11.3 Å². The Bertz CT molecular complexity index is 1190. The zero-order valence-corrected chi connectivity index (χ0v) is 19.9. The molecule has 2 unspecified atom stereocenters. The number of carbonyl (C=O) groups excluding carboxylic acids is 2. The van der Waals surface area contributed by atoms with Crippen LogP contribution in [-0.2, 0) is 35.3 Å². The van der Waals surface area contributed by atoms with E-state index < -0.39 is 6.09 Å². The number of thiophene rings is 1. The van der Waals surface area contributed by atoms with Gasteiger partial charge in [0.15, 0.2) is 0 Å². The predicted molar refractivity (Wildman–Crippen MR) is 131 cm³/mol. The van der Waals surface area contributed by atoms with Gasteiger partial charge in [0.1, 0.15) is 18.0 Å². The molecule has 7 heteroatoms. The topological polar surface area (TPSA) is 92.1 Å². The number of ether oxygens (including phenoxy) is 1. The molecule has 0 saturated heterocycles. The van der Waals surface area contributed by atoms with Gasteiger partial charge in [-0.05, 0) is 47.6 Å². The van der Waals surface area contributed by atoms with Gasteiger partial charge in [0.05, 0.1) is 5.56 Å². The first-order chi connectivity index (χ1) is 16.5. The lowest BCUT2D eigenvalue weighted by Crippen LogP contribution is -2.31. The first kappa shape index (κ1) is 23.7. The maximum Gasteiger partial charge on any atom is 0.407 e. The monoisotopic (exact) mass is 473 g/mol. The van der Waals surface area contributed by atoms with Gasteiger partial charge < -0.3 is 10.1 Å². The number of alkyl carbamates (subject to hydrolysis) is 1. The van der Waals surface area contributed by atoms with E-state index in [0.29, 0.717) is 37.8 Å². The van der Waals surface area contributed by atoms with Gasteiger partial charge in [-0.3, -0.25) is 9.78 Å². The first-order valence-corrected chi connectivity index (χ1v) is 12.3. The summed E-state index contributed by atoms with van der Waals surface area (Å²) in [5.74, 6) is 0.270. The van der Waals surface area contributed by atoms with Crippen LogP contribution in [0.25, 0.3) is 0 Å². The quantitative estimate of drug-likeness (QED) is 0.491. The summed E-state index contributed by atoms with van der Waals surface area (Å²) in [5.41, 5.74) is 3.75. The van der Waals surface area contributed by atoms with Crippen molar-refractivity contribution < 1.29 is 14.3 Å². The smallest absolute Gasteiger partial charge is 0.407 e. The van der Waals surface area contributed by atoms with Gasteiger partial charge in [-0.1, -0.05) is 37.3 Å². The Morgan fingerprint density at radius 3 is 2.74 bits per heavy atom. The zero-order chi connectivity index (χ0) is 23.9.